The van der Waals surface area contributed by atoms with Crippen LogP contribution in [0.1, 0.15) is 16.8 Å². The van der Waals surface area contributed by atoms with Gasteiger partial charge in [0.2, 0.25) is 0 Å². The maximum atomic E-state index is 11.8. The van der Waals surface area contributed by atoms with Gasteiger partial charge in [-0.05, 0) is 0 Å². The SMILES string of the molecule is O=C(O)C(=NO)C(CC(=O)c1ccccc1)C(=O)O. The number of carboxylic acid groups (broad SMARTS) is 2. The van der Waals surface area contributed by atoms with Gasteiger partial charge in [-0.15, -0.1) is 0 Å². The van der Waals surface area contributed by atoms with Crippen LogP contribution in [-0.4, -0.2) is 38.9 Å². The van der Waals surface area contributed by atoms with Crippen LogP contribution in [-0.2, 0) is 9.59 Å². The molecule has 100 valence electrons. The van der Waals surface area contributed by atoms with Crippen LogP contribution in [0.15, 0.2) is 35.5 Å². The summed E-state index contributed by atoms with van der Waals surface area (Å²) in [5.41, 5.74) is -0.715. The standard InChI is InChI=1S/C12H11NO6/c14-9(7-4-2-1-3-5-7)6-8(11(15)16)10(13-19)12(17)18/h1-5,8,19H,6H2,(H,15,16)(H,17,18). The molecule has 0 amide bonds. The number of hydrogen-bond acceptors (Lipinski definition) is 5. The summed E-state index contributed by atoms with van der Waals surface area (Å²) in [6.07, 6.45) is -0.592. The third-order valence-corrected chi connectivity index (χ3v) is 2.44. The first kappa shape index (κ1) is 14.4. The van der Waals surface area contributed by atoms with Gasteiger partial charge in [-0.3, -0.25) is 9.59 Å². The first-order valence-electron chi connectivity index (χ1n) is 5.23. The third kappa shape index (κ3) is 3.63. The Morgan fingerprint density at radius 2 is 1.68 bits per heavy atom. The molecule has 0 bridgehead atoms. The number of carbonyl (C=O) groups is 3. The van der Waals surface area contributed by atoms with Crippen LogP contribution in [0, 0.1) is 5.92 Å². The van der Waals surface area contributed by atoms with Crippen LogP contribution in [0.25, 0.3) is 0 Å². The van der Waals surface area contributed by atoms with Gasteiger partial charge in [-0.25, -0.2) is 4.79 Å². The van der Waals surface area contributed by atoms with Crippen molar-refractivity contribution in [1.29, 1.82) is 0 Å². The van der Waals surface area contributed by atoms with Gasteiger partial charge >= 0.3 is 11.9 Å². The lowest BCUT2D eigenvalue weighted by atomic mass is 9.94. The summed E-state index contributed by atoms with van der Waals surface area (Å²) in [6, 6.07) is 7.85. The van der Waals surface area contributed by atoms with E-state index in [1.54, 1.807) is 18.2 Å². The molecule has 7 heteroatoms. The Labute approximate surface area is 107 Å². The number of carbonyl (C=O) groups excluding carboxylic acids is 1. The first-order chi connectivity index (χ1) is 8.97. The van der Waals surface area contributed by atoms with E-state index >= 15 is 0 Å². The highest BCUT2D eigenvalue weighted by Gasteiger charge is 2.32. The van der Waals surface area contributed by atoms with Gasteiger partial charge in [0.15, 0.2) is 11.5 Å². The van der Waals surface area contributed by atoms with E-state index in [9.17, 15) is 14.4 Å². The predicted octanol–water partition coefficient (Wildman–Crippen LogP) is 0.875. The largest absolute Gasteiger partial charge is 0.481 e. The molecule has 1 unspecified atom stereocenters. The second-order valence-electron chi connectivity index (χ2n) is 3.67. The van der Waals surface area contributed by atoms with Crippen molar-refractivity contribution in [2.24, 2.45) is 11.1 Å². The van der Waals surface area contributed by atoms with E-state index in [0.717, 1.165) is 0 Å². The first-order valence-corrected chi connectivity index (χ1v) is 5.23. The highest BCUT2D eigenvalue weighted by molar-refractivity contribution is 6.40. The van der Waals surface area contributed by atoms with Crippen molar-refractivity contribution in [2.75, 3.05) is 0 Å². The number of rotatable bonds is 6. The van der Waals surface area contributed by atoms with Gasteiger partial charge in [0.1, 0.15) is 5.92 Å². The molecule has 0 saturated carbocycles. The molecule has 0 aromatic heterocycles. The van der Waals surface area contributed by atoms with Gasteiger partial charge < -0.3 is 15.4 Å². The highest BCUT2D eigenvalue weighted by atomic mass is 16.4. The highest BCUT2D eigenvalue weighted by Crippen LogP contribution is 2.13. The number of Topliss-reactive ketones (excluding diaryl/α,β-unsaturated/α-hetero) is 1. The summed E-state index contributed by atoms with van der Waals surface area (Å²) in [5.74, 6) is -5.47. The van der Waals surface area contributed by atoms with E-state index in [-0.39, 0.29) is 5.56 Å². The molecule has 0 spiro atoms. The van der Waals surface area contributed by atoms with Gasteiger partial charge in [0, 0.05) is 12.0 Å². The second-order valence-corrected chi connectivity index (χ2v) is 3.67. The molecule has 1 aromatic carbocycles. The van der Waals surface area contributed by atoms with E-state index in [1.165, 1.54) is 12.1 Å². The Kier molecular flexibility index (Phi) is 4.76. The molecule has 0 fully saturated rings. The van der Waals surface area contributed by atoms with E-state index < -0.39 is 35.8 Å². The minimum Gasteiger partial charge on any atom is -0.481 e. The zero-order valence-electron chi connectivity index (χ0n) is 9.68. The average molecular weight is 265 g/mol. The monoisotopic (exact) mass is 265 g/mol. The Morgan fingerprint density at radius 3 is 2.11 bits per heavy atom. The second kappa shape index (κ2) is 6.29. The lowest BCUT2D eigenvalue weighted by Gasteiger charge is -2.10. The Hall–Kier alpha value is -2.70. The Morgan fingerprint density at radius 1 is 1.11 bits per heavy atom. The van der Waals surface area contributed by atoms with Crippen molar-refractivity contribution in [3.05, 3.63) is 35.9 Å². The summed E-state index contributed by atoms with van der Waals surface area (Å²) in [6.45, 7) is 0. The van der Waals surface area contributed by atoms with E-state index in [0.29, 0.717) is 0 Å². The minimum atomic E-state index is -1.70. The molecule has 0 aliphatic heterocycles. The van der Waals surface area contributed by atoms with Crippen LogP contribution in [0.2, 0.25) is 0 Å². The summed E-state index contributed by atoms with van der Waals surface area (Å²) in [5, 5.41) is 28.6. The molecule has 1 rings (SSSR count). The molecule has 7 nitrogen and oxygen atoms in total. The maximum Gasteiger partial charge on any atom is 0.354 e. The zero-order chi connectivity index (χ0) is 14.4. The van der Waals surface area contributed by atoms with E-state index in [2.05, 4.69) is 5.16 Å². The zero-order valence-corrected chi connectivity index (χ0v) is 9.68. The molecular formula is C12H11NO6. The molecule has 0 saturated heterocycles. The number of nitrogens with zero attached hydrogens (tertiary/aromatic N) is 1. The maximum absolute atomic E-state index is 11.8. The third-order valence-electron chi connectivity index (χ3n) is 2.44. The van der Waals surface area contributed by atoms with Crippen LogP contribution in [0.5, 0.6) is 0 Å². The molecule has 1 atom stereocenters. The molecule has 0 aliphatic carbocycles. The van der Waals surface area contributed by atoms with Crippen molar-refractivity contribution in [3.63, 3.8) is 0 Å². The van der Waals surface area contributed by atoms with Gasteiger partial charge in [-0.1, -0.05) is 35.5 Å². The van der Waals surface area contributed by atoms with Crippen molar-refractivity contribution >= 4 is 23.4 Å². The molecule has 1 aromatic rings. The predicted molar refractivity (Wildman–Crippen MR) is 63.4 cm³/mol. The number of aliphatic carboxylic acids is 2. The van der Waals surface area contributed by atoms with Crippen LogP contribution in [0.3, 0.4) is 0 Å². The van der Waals surface area contributed by atoms with Crippen molar-refractivity contribution < 1.29 is 29.8 Å². The van der Waals surface area contributed by atoms with Gasteiger partial charge in [0.05, 0.1) is 0 Å². The molecule has 3 N–H and O–H groups in total. The average Bonchev–Trinajstić information content (AvgIpc) is 2.38. The van der Waals surface area contributed by atoms with Crippen LogP contribution >= 0.6 is 0 Å². The van der Waals surface area contributed by atoms with Crippen molar-refractivity contribution in [3.8, 4) is 0 Å². The molecule has 19 heavy (non-hydrogen) atoms. The van der Waals surface area contributed by atoms with Crippen LogP contribution in [0.4, 0.5) is 0 Å². The minimum absolute atomic E-state index is 0.261. The van der Waals surface area contributed by atoms with Crippen molar-refractivity contribution in [1.82, 2.24) is 0 Å². The molecular weight excluding hydrogens is 254 g/mol. The topological polar surface area (TPSA) is 124 Å². The number of hydrogen-bond donors (Lipinski definition) is 3. The quantitative estimate of drug-likeness (QED) is 0.303. The fraction of sp³-hybridized carbons (Fsp3) is 0.167. The normalized spacial score (nSPS) is 12.7. The number of ketones is 1. The van der Waals surface area contributed by atoms with Crippen molar-refractivity contribution in [2.45, 2.75) is 6.42 Å². The lowest BCUT2D eigenvalue weighted by molar-refractivity contribution is -0.141. The summed E-state index contributed by atoms with van der Waals surface area (Å²) in [7, 11) is 0. The smallest absolute Gasteiger partial charge is 0.354 e. The number of carboxylic acids is 2. The fourth-order valence-electron chi connectivity index (χ4n) is 1.49. The lowest BCUT2D eigenvalue weighted by Crippen LogP contribution is -2.32. The van der Waals surface area contributed by atoms with Crippen LogP contribution < -0.4 is 0 Å². The molecule has 0 heterocycles. The number of oxime groups is 1. The molecule has 0 radical (unpaired) electrons. The summed E-state index contributed by atoms with van der Waals surface area (Å²) < 4.78 is 0. The fourth-order valence-corrected chi connectivity index (χ4v) is 1.49. The Balaban J connectivity index is 2.95. The molecule has 0 aliphatic rings. The number of benzene rings is 1. The summed E-state index contributed by atoms with van der Waals surface area (Å²) in [4.78, 5) is 33.5. The van der Waals surface area contributed by atoms with E-state index in [4.69, 9.17) is 15.4 Å². The van der Waals surface area contributed by atoms with Gasteiger partial charge in [0.25, 0.3) is 0 Å². The summed E-state index contributed by atoms with van der Waals surface area (Å²) >= 11 is 0. The Bertz CT molecular complexity index is 522. The van der Waals surface area contributed by atoms with Gasteiger partial charge in [-0.2, -0.15) is 0 Å². The van der Waals surface area contributed by atoms with E-state index in [1.807, 2.05) is 0 Å².